The van der Waals surface area contributed by atoms with Crippen molar-refractivity contribution in [2.45, 2.75) is 17.9 Å². The fraction of sp³-hybridized carbons (Fsp3) is 0.176. The third kappa shape index (κ3) is 3.54. The first-order valence-corrected chi connectivity index (χ1v) is 7.98. The summed E-state index contributed by atoms with van der Waals surface area (Å²) in [5.41, 5.74) is 2.21. The lowest BCUT2D eigenvalue weighted by atomic mass is 10.0. The van der Waals surface area contributed by atoms with Gasteiger partial charge in [-0.25, -0.2) is 4.39 Å². The van der Waals surface area contributed by atoms with Gasteiger partial charge in [-0.3, -0.25) is 0 Å². The van der Waals surface area contributed by atoms with Crippen molar-refractivity contribution in [1.29, 1.82) is 0 Å². The summed E-state index contributed by atoms with van der Waals surface area (Å²) in [6.07, 6.45) is 0. The normalized spacial score (nSPS) is 12.3. The van der Waals surface area contributed by atoms with E-state index in [1.807, 2.05) is 30.3 Å². The largest absolute Gasteiger partial charge is 0.425 e. The van der Waals surface area contributed by atoms with Crippen LogP contribution < -0.4 is 0 Å². The molecule has 3 rings (SSSR count). The molecule has 0 unspecified atom stereocenters. The molecule has 0 N–H and O–H groups in total. The molecule has 0 saturated carbocycles. The summed E-state index contributed by atoms with van der Waals surface area (Å²) in [6.45, 7) is 1.77. The number of aromatic nitrogens is 2. The van der Waals surface area contributed by atoms with Gasteiger partial charge in [-0.2, -0.15) is 0 Å². The van der Waals surface area contributed by atoms with E-state index in [1.165, 1.54) is 12.1 Å². The fourth-order valence-corrected chi connectivity index (χ4v) is 3.33. The van der Waals surface area contributed by atoms with Crippen LogP contribution in [0.25, 0.3) is 0 Å². The summed E-state index contributed by atoms with van der Waals surface area (Å²) in [4.78, 5) is 0. The van der Waals surface area contributed by atoms with Gasteiger partial charge in [0.1, 0.15) is 5.82 Å². The number of benzene rings is 2. The second-order valence-electron chi connectivity index (χ2n) is 4.87. The summed E-state index contributed by atoms with van der Waals surface area (Å²) in [6, 6.07) is 16.7. The summed E-state index contributed by atoms with van der Waals surface area (Å²) in [5.74, 6) is 1.55. The van der Waals surface area contributed by atoms with Crippen LogP contribution in [0.1, 0.15) is 28.2 Å². The van der Waals surface area contributed by atoms with Crippen molar-refractivity contribution >= 4 is 11.8 Å². The molecule has 0 aliphatic heterocycles. The average Bonchev–Trinajstić information content (AvgIpc) is 2.96. The quantitative estimate of drug-likeness (QED) is 0.693. The lowest BCUT2D eigenvalue weighted by Crippen LogP contribution is -1.98. The van der Waals surface area contributed by atoms with Gasteiger partial charge < -0.3 is 4.42 Å². The number of halogens is 1. The van der Waals surface area contributed by atoms with Gasteiger partial charge in [0, 0.05) is 6.92 Å². The summed E-state index contributed by atoms with van der Waals surface area (Å²) in [5, 5.41) is 7.96. The zero-order valence-electron chi connectivity index (χ0n) is 12.1. The molecule has 0 amide bonds. The van der Waals surface area contributed by atoms with Crippen molar-refractivity contribution in [2.24, 2.45) is 0 Å². The third-order valence-corrected chi connectivity index (χ3v) is 4.51. The Balaban J connectivity index is 1.84. The smallest absolute Gasteiger partial charge is 0.226 e. The molecule has 0 spiro atoms. The topological polar surface area (TPSA) is 38.9 Å². The monoisotopic (exact) mass is 314 g/mol. The van der Waals surface area contributed by atoms with Crippen LogP contribution in [0.3, 0.4) is 0 Å². The highest BCUT2D eigenvalue weighted by Crippen LogP contribution is 2.37. The minimum absolute atomic E-state index is 0.0917. The maximum atomic E-state index is 13.2. The zero-order chi connectivity index (χ0) is 15.4. The molecule has 1 heterocycles. The van der Waals surface area contributed by atoms with E-state index in [2.05, 4.69) is 22.3 Å². The summed E-state index contributed by atoms with van der Waals surface area (Å²) < 4.78 is 18.6. The van der Waals surface area contributed by atoms with Crippen molar-refractivity contribution in [2.75, 3.05) is 0 Å². The van der Waals surface area contributed by atoms with E-state index in [-0.39, 0.29) is 11.1 Å². The maximum absolute atomic E-state index is 13.2. The Morgan fingerprint density at radius 3 is 2.32 bits per heavy atom. The zero-order valence-corrected chi connectivity index (χ0v) is 12.9. The van der Waals surface area contributed by atoms with Crippen LogP contribution in [0.15, 0.2) is 59.0 Å². The van der Waals surface area contributed by atoms with Crippen LogP contribution in [0.4, 0.5) is 4.39 Å². The van der Waals surface area contributed by atoms with Crippen LogP contribution in [0, 0.1) is 12.7 Å². The highest BCUT2D eigenvalue weighted by Gasteiger charge is 2.16. The van der Waals surface area contributed by atoms with E-state index in [9.17, 15) is 4.39 Å². The van der Waals surface area contributed by atoms with Gasteiger partial charge in [0.25, 0.3) is 0 Å². The number of aryl methyl sites for hydroxylation is 1. The highest BCUT2D eigenvalue weighted by atomic mass is 32.2. The molecule has 5 heteroatoms. The SMILES string of the molecule is Cc1nnc(CS[C@H](c2ccccc2)c2ccc(F)cc2)o1. The van der Waals surface area contributed by atoms with Gasteiger partial charge in [0.2, 0.25) is 11.8 Å². The lowest BCUT2D eigenvalue weighted by Gasteiger charge is -2.17. The number of hydrogen-bond donors (Lipinski definition) is 0. The third-order valence-electron chi connectivity index (χ3n) is 3.22. The van der Waals surface area contributed by atoms with Gasteiger partial charge in [0.15, 0.2) is 0 Å². The van der Waals surface area contributed by atoms with Crippen molar-refractivity contribution in [3.05, 3.63) is 83.3 Å². The molecule has 0 aliphatic rings. The van der Waals surface area contributed by atoms with Crippen LogP contribution in [0.2, 0.25) is 0 Å². The molecular weight excluding hydrogens is 299 g/mol. The minimum Gasteiger partial charge on any atom is -0.425 e. The molecule has 0 saturated heterocycles. The minimum atomic E-state index is -0.229. The van der Waals surface area contributed by atoms with E-state index in [4.69, 9.17) is 4.42 Å². The fourth-order valence-electron chi connectivity index (χ4n) is 2.20. The van der Waals surface area contributed by atoms with Gasteiger partial charge in [-0.1, -0.05) is 42.5 Å². The molecular formula is C17H15FN2OS. The first kappa shape index (κ1) is 14.8. The second-order valence-corrected chi connectivity index (χ2v) is 5.96. The Hall–Kier alpha value is -2.14. The summed E-state index contributed by atoms with van der Waals surface area (Å²) >= 11 is 1.68. The number of hydrogen-bond acceptors (Lipinski definition) is 4. The number of rotatable bonds is 5. The molecule has 2 aromatic carbocycles. The van der Waals surface area contributed by atoms with E-state index in [1.54, 1.807) is 18.7 Å². The Bertz CT molecular complexity index is 728. The standard InChI is InChI=1S/C17H15FN2OS/c1-12-19-20-16(21-12)11-22-17(13-5-3-2-4-6-13)14-7-9-15(18)10-8-14/h2-10,17H,11H2,1H3/t17-/m1/s1. The second kappa shape index (κ2) is 6.75. The maximum Gasteiger partial charge on any atom is 0.226 e. The Labute approximate surface area is 132 Å². The van der Waals surface area contributed by atoms with Crippen molar-refractivity contribution in [1.82, 2.24) is 10.2 Å². The molecule has 0 aliphatic carbocycles. The van der Waals surface area contributed by atoms with Crippen LogP contribution in [0.5, 0.6) is 0 Å². The first-order valence-electron chi connectivity index (χ1n) is 6.93. The average molecular weight is 314 g/mol. The predicted octanol–water partition coefficient (Wildman–Crippen LogP) is 4.54. The van der Waals surface area contributed by atoms with E-state index in [0.29, 0.717) is 17.5 Å². The lowest BCUT2D eigenvalue weighted by molar-refractivity contribution is 0.485. The molecule has 22 heavy (non-hydrogen) atoms. The first-order chi connectivity index (χ1) is 10.7. The number of thioether (sulfide) groups is 1. The molecule has 3 nitrogen and oxygen atoms in total. The Morgan fingerprint density at radius 2 is 1.68 bits per heavy atom. The van der Waals surface area contributed by atoms with E-state index in [0.717, 1.165) is 11.1 Å². The van der Waals surface area contributed by atoms with Gasteiger partial charge in [0.05, 0.1) is 11.0 Å². The molecule has 0 bridgehead atoms. The molecule has 0 fully saturated rings. The predicted molar refractivity (Wildman–Crippen MR) is 85.0 cm³/mol. The van der Waals surface area contributed by atoms with Crippen molar-refractivity contribution in [3.8, 4) is 0 Å². The Morgan fingerprint density at radius 1 is 1.00 bits per heavy atom. The molecule has 0 radical (unpaired) electrons. The number of nitrogens with zero attached hydrogens (tertiary/aromatic N) is 2. The van der Waals surface area contributed by atoms with E-state index < -0.39 is 0 Å². The molecule has 1 aromatic heterocycles. The van der Waals surface area contributed by atoms with Gasteiger partial charge in [-0.15, -0.1) is 22.0 Å². The van der Waals surface area contributed by atoms with Crippen molar-refractivity contribution in [3.63, 3.8) is 0 Å². The summed E-state index contributed by atoms with van der Waals surface area (Å²) in [7, 11) is 0. The van der Waals surface area contributed by atoms with Gasteiger partial charge in [-0.05, 0) is 23.3 Å². The van der Waals surface area contributed by atoms with Crippen LogP contribution in [-0.4, -0.2) is 10.2 Å². The molecule has 112 valence electrons. The molecule has 3 aromatic rings. The highest BCUT2D eigenvalue weighted by molar-refractivity contribution is 7.98. The van der Waals surface area contributed by atoms with Crippen molar-refractivity contribution < 1.29 is 8.81 Å². The molecule has 1 atom stereocenters. The van der Waals surface area contributed by atoms with Crippen LogP contribution >= 0.6 is 11.8 Å². The van der Waals surface area contributed by atoms with Gasteiger partial charge >= 0.3 is 0 Å². The van der Waals surface area contributed by atoms with E-state index >= 15 is 0 Å². The van der Waals surface area contributed by atoms with Crippen LogP contribution in [-0.2, 0) is 5.75 Å². The Kier molecular flexibility index (Phi) is 4.53.